The Balaban J connectivity index is 2.25. The number of benzene rings is 1. The van der Waals surface area contributed by atoms with E-state index >= 15 is 0 Å². The highest BCUT2D eigenvalue weighted by molar-refractivity contribution is 7.25. The predicted octanol–water partition coefficient (Wildman–Crippen LogP) is 3.47. The van der Waals surface area contributed by atoms with E-state index in [1.54, 1.807) is 12.1 Å². The molecule has 3 aromatic rings. The largest absolute Gasteiger partial charge is 0.480 e. The van der Waals surface area contributed by atoms with Crippen molar-refractivity contribution in [3.8, 4) is 5.75 Å². The third-order valence-electron chi connectivity index (χ3n) is 2.93. The van der Waals surface area contributed by atoms with E-state index in [0.29, 0.717) is 14.8 Å². The lowest BCUT2D eigenvalue weighted by Gasteiger charge is -2.08. The topological polar surface area (TPSA) is 52.6 Å². The molecule has 0 aliphatic rings. The first-order valence-electron chi connectivity index (χ1n) is 6.03. The molecule has 0 fully saturated rings. The van der Waals surface area contributed by atoms with Crippen molar-refractivity contribution in [1.29, 1.82) is 0 Å². The highest BCUT2D eigenvalue weighted by Crippen LogP contribution is 2.35. The van der Waals surface area contributed by atoms with Gasteiger partial charge >= 0.3 is 5.97 Å². The number of halogens is 2. The minimum absolute atomic E-state index is 0.252. The third kappa shape index (κ3) is 2.45. The van der Waals surface area contributed by atoms with Crippen LogP contribution in [0.25, 0.3) is 20.2 Å². The summed E-state index contributed by atoms with van der Waals surface area (Å²) in [5.74, 6) is -0.916. The molecule has 1 heterocycles. The maximum absolute atomic E-state index is 12.5. The van der Waals surface area contributed by atoms with Crippen LogP contribution >= 0.6 is 22.9 Å². The molecule has 7 heteroatoms. The summed E-state index contributed by atoms with van der Waals surface area (Å²) in [6, 6.07) is 11.8. The zero-order valence-electron chi connectivity index (χ0n) is 10.8. The van der Waals surface area contributed by atoms with Crippen LogP contribution in [0, 0.1) is 12.1 Å². The zero-order chi connectivity index (χ0) is 15.7. The van der Waals surface area contributed by atoms with Crippen LogP contribution in [-0.2, 0) is 9.74 Å². The maximum Gasteiger partial charge on any atom is 0.385 e. The van der Waals surface area contributed by atoms with E-state index < -0.39 is 12.6 Å². The molecule has 0 radical (unpaired) electrons. The number of carbonyl (C=O) groups is 1. The van der Waals surface area contributed by atoms with Crippen LogP contribution in [0.2, 0.25) is 5.02 Å². The first-order valence-corrected chi connectivity index (χ1v) is 7.23. The molecule has 0 saturated carbocycles. The van der Waals surface area contributed by atoms with Gasteiger partial charge in [0.2, 0.25) is 5.43 Å². The van der Waals surface area contributed by atoms with Crippen LogP contribution in [0.15, 0.2) is 29.1 Å². The summed E-state index contributed by atoms with van der Waals surface area (Å²) < 4.78 is 18.1. The molecule has 0 aliphatic carbocycles. The molecule has 0 spiro atoms. The number of rotatable bonds is 3. The van der Waals surface area contributed by atoms with Crippen LogP contribution in [0.5, 0.6) is 5.75 Å². The molecule has 110 valence electrons. The third-order valence-corrected chi connectivity index (χ3v) is 4.41. The van der Waals surface area contributed by atoms with Crippen molar-refractivity contribution in [2.45, 2.75) is 0 Å². The van der Waals surface area contributed by atoms with Crippen molar-refractivity contribution in [3.63, 3.8) is 0 Å². The molecule has 0 aliphatic heterocycles. The quantitative estimate of drug-likeness (QED) is 0.735. The second-order valence-corrected chi connectivity index (χ2v) is 5.72. The number of carbonyl (C=O) groups excluding carboxylic acids is 1. The summed E-state index contributed by atoms with van der Waals surface area (Å²) in [7, 11) is 0. The first kappa shape index (κ1) is 14.6. The van der Waals surface area contributed by atoms with Gasteiger partial charge in [-0.3, -0.25) is 9.74 Å². The van der Waals surface area contributed by atoms with Crippen LogP contribution in [-0.4, -0.2) is 12.6 Å². The van der Waals surface area contributed by atoms with Crippen molar-refractivity contribution >= 4 is 49.1 Å². The van der Waals surface area contributed by atoms with Crippen LogP contribution in [0.4, 0.5) is 4.53 Å². The summed E-state index contributed by atoms with van der Waals surface area (Å²) in [6.45, 7) is -0.610. The van der Waals surface area contributed by atoms with E-state index in [4.69, 9.17) is 16.3 Å². The Morgan fingerprint density at radius 2 is 2.18 bits per heavy atom. The molecule has 0 bridgehead atoms. The van der Waals surface area contributed by atoms with Crippen molar-refractivity contribution in [3.05, 3.63) is 51.6 Å². The molecule has 22 heavy (non-hydrogen) atoms. The Morgan fingerprint density at radius 3 is 2.95 bits per heavy atom. The molecule has 4 nitrogen and oxygen atoms in total. The smallest absolute Gasteiger partial charge is 0.385 e. The Labute approximate surface area is 132 Å². The first-order chi connectivity index (χ1) is 10.6. The number of ether oxygens (including phenoxy) is 1. The van der Waals surface area contributed by atoms with E-state index in [1.807, 2.05) is 0 Å². The van der Waals surface area contributed by atoms with Gasteiger partial charge in [0.05, 0.1) is 20.5 Å². The molecular weight excluding hydrogens is 331 g/mol. The molecule has 0 N–H and O–H groups in total. The van der Waals surface area contributed by atoms with Crippen molar-refractivity contribution in [2.24, 2.45) is 0 Å². The lowest BCUT2D eigenvalue weighted by molar-refractivity contribution is -0.185. The molecule has 0 unspecified atom stereocenters. The van der Waals surface area contributed by atoms with Crippen molar-refractivity contribution < 1.29 is 19.0 Å². The van der Waals surface area contributed by atoms with Crippen LogP contribution in [0.1, 0.15) is 0 Å². The molecular formula is C15H6ClFO4S. The Kier molecular flexibility index (Phi) is 3.84. The second-order valence-electron chi connectivity index (χ2n) is 4.26. The van der Waals surface area contributed by atoms with Crippen LogP contribution < -0.4 is 10.2 Å². The van der Waals surface area contributed by atoms with Gasteiger partial charge in [-0.05, 0) is 24.3 Å². The molecule has 0 atom stereocenters. The van der Waals surface area contributed by atoms with Gasteiger partial charge in [0.25, 0.3) is 0 Å². The predicted molar refractivity (Wildman–Crippen MR) is 81.0 cm³/mol. The van der Waals surface area contributed by atoms with E-state index in [9.17, 15) is 14.1 Å². The lowest BCUT2D eigenvalue weighted by Crippen LogP contribution is -2.11. The van der Waals surface area contributed by atoms with Gasteiger partial charge in [-0.15, -0.1) is 11.3 Å². The summed E-state index contributed by atoms with van der Waals surface area (Å²) in [5.41, 5.74) is -0.302. The van der Waals surface area contributed by atoms with E-state index in [-0.39, 0.29) is 21.6 Å². The van der Waals surface area contributed by atoms with Gasteiger partial charge in [0, 0.05) is 9.23 Å². The SMILES string of the molecule is O=C(COc1ccc(Cl)c2c(=O)c3c#cccc3sc12)OF. The standard InChI is InChI=1S/C15H6ClFO4S/c16-9-5-6-10(20-7-12(18)21-17)15-13(9)14(19)8-3-1-2-4-11(8)22-15/h2,4-6H,7H2. The second kappa shape index (κ2) is 5.79. The van der Waals surface area contributed by atoms with E-state index in [0.717, 1.165) is 0 Å². The average Bonchev–Trinajstić information content (AvgIpc) is 2.54. The highest BCUT2D eigenvalue weighted by atomic mass is 35.5. The minimum Gasteiger partial charge on any atom is -0.480 e. The lowest BCUT2D eigenvalue weighted by atomic mass is 10.2. The average molecular weight is 337 g/mol. The number of hydrogen-bond acceptors (Lipinski definition) is 5. The summed E-state index contributed by atoms with van der Waals surface area (Å²) >= 11 is 7.36. The van der Waals surface area contributed by atoms with Crippen LogP contribution in [0.3, 0.4) is 0 Å². The summed E-state index contributed by atoms with van der Waals surface area (Å²) in [6.07, 6.45) is 0. The Morgan fingerprint density at radius 1 is 1.36 bits per heavy atom. The fourth-order valence-corrected chi connectivity index (χ4v) is 3.42. The molecule has 0 saturated heterocycles. The van der Waals surface area contributed by atoms with Gasteiger partial charge in [-0.25, -0.2) is 4.79 Å². The highest BCUT2D eigenvalue weighted by Gasteiger charge is 2.15. The molecule has 0 amide bonds. The minimum atomic E-state index is -1.17. The monoisotopic (exact) mass is 336 g/mol. The molecule has 1 aromatic heterocycles. The zero-order valence-corrected chi connectivity index (χ0v) is 12.4. The van der Waals surface area contributed by atoms with Gasteiger partial charge in [-0.2, -0.15) is 0 Å². The Bertz CT molecular complexity index is 938. The molecule has 3 rings (SSSR count). The van der Waals surface area contributed by atoms with E-state index in [2.05, 4.69) is 17.1 Å². The maximum atomic E-state index is 12.5. The van der Waals surface area contributed by atoms with Gasteiger partial charge in [0.1, 0.15) is 5.75 Å². The van der Waals surface area contributed by atoms with Crippen molar-refractivity contribution in [1.82, 2.24) is 0 Å². The van der Waals surface area contributed by atoms with Gasteiger partial charge < -0.3 is 4.74 Å². The number of fused-ring (bicyclic) bond motifs is 2. The molecule has 2 aromatic carbocycles. The van der Waals surface area contributed by atoms with Crippen molar-refractivity contribution in [2.75, 3.05) is 6.61 Å². The van der Waals surface area contributed by atoms with Gasteiger partial charge in [0.15, 0.2) is 6.61 Å². The van der Waals surface area contributed by atoms with E-state index in [1.165, 1.54) is 23.5 Å². The summed E-state index contributed by atoms with van der Waals surface area (Å²) in [5, 5.41) is 0.902. The summed E-state index contributed by atoms with van der Waals surface area (Å²) in [4.78, 5) is 26.4. The fourth-order valence-electron chi connectivity index (χ4n) is 1.99. The number of hydrogen-bond donors (Lipinski definition) is 0. The van der Waals surface area contributed by atoms with Gasteiger partial charge in [-0.1, -0.05) is 23.7 Å². The Hall–Kier alpha value is -2.36. The normalized spacial score (nSPS) is 10.5. The fraction of sp³-hybridized carbons (Fsp3) is 0.0667.